The summed E-state index contributed by atoms with van der Waals surface area (Å²) >= 11 is 1.46. The van der Waals surface area contributed by atoms with Crippen LogP contribution < -0.4 is 0 Å². The zero-order valence-electron chi connectivity index (χ0n) is 11.4. The molecule has 0 saturated heterocycles. The molecule has 19 heavy (non-hydrogen) atoms. The molecule has 0 saturated carbocycles. The molecule has 0 N–H and O–H groups in total. The van der Waals surface area contributed by atoms with Crippen LogP contribution in [0.25, 0.3) is 0 Å². The molecule has 3 heteroatoms. The Kier molecular flexibility index (Phi) is 6.16. The second kappa shape index (κ2) is 7.64. The van der Waals surface area contributed by atoms with Gasteiger partial charge in [-0.3, -0.25) is 9.59 Å². The molecule has 1 unspecified atom stereocenters. The minimum Gasteiger partial charge on any atom is -0.293 e. The summed E-state index contributed by atoms with van der Waals surface area (Å²) in [7, 11) is 0. The lowest BCUT2D eigenvalue weighted by molar-refractivity contribution is 0.0821. The maximum absolute atomic E-state index is 12.1. The highest BCUT2D eigenvalue weighted by atomic mass is 32.1. The van der Waals surface area contributed by atoms with Gasteiger partial charge in [0.15, 0.2) is 11.6 Å². The fourth-order valence-electron chi connectivity index (χ4n) is 1.63. The first-order valence-corrected chi connectivity index (χ1v) is 7.30. The predicted molar refractivity (Wildman–Crippen MR) is 79.9 cm³/mol. The average Bonchev–Trinajstić information content (AvgIpc) is 3.02. The van der Waals surface area contributed by atoms with E-state index in [2.05, 4.69) is 0 Å². The van der Waals surface area contributed by atoms with Crippen molar-refractivity contribution in [3.8, 4) is 0 Å². The van der Waals surface area contributed by atoms with Gasteiger partial charge in [0, 0.05) is 16.5 Å². The van der Waals surface area contributed by atoms with Crippen LogP contribution in [-0.2, 0) is 0 Å². The zero-order valence-corrected chi connectivity index (χ0v) is 12.2. The van der Waals surface area contributed by atoms with E-state index in [0.29, 0.717) is 11.1 Å². The van der Waals surface area contributed by atoms with E-state index >= 15 is 0 Å². The summed E-state index contributed by atoms with van der Waals surface area (Å²) in [5, 5.41) is 3.62. The van der Waals surface area contributed by atoms with Crippen molar-refractivity contribution in [1.82, 2.24) is 0 Å². The van der Waals surface area contributed by atoms with Crippen molar-refractivity contribution in [3.63, 3.8) is 0 Å². The summed E-state index contributed by atoms with van der Waals surface area (Å²) in [4.78, 5) is 24.1. The lowest BCUT2D eigenvalue weighted by Gasteiger charge is -2.08. The Hall–Kier alpha value is -1.74. The molecule has 0 aliphatic carbocycles. The van der Waals surface area contributed by atoms with Gasteiger partial charge in [-0.15, -0.1) is 0 Å². The molecular weight excluding hydrogens is 256 g/mol. The van der Waals surface area contributed by atoms with E-state index in [1.54, 1.807) is 42.6 Å². The zero-order chi connectivity index (χ0) is 14.3. The number of hydrogen-bond donors (Lipinski definition) is 0. The summed E-state index contributed by atoms with van der Waals surface area (Å²) in [6.07, 6.45) is 0. The summed E-state index contributed by atoms with van der Waals surface area (Å²) < 4.78 is 0. The summed E-state index contributed by atoms with van der Waals surface area (Å²) in [6, 6.07) is 10.7. The van der Waals surface area contributed by atoms with Crippen molar-refractivity contribution in [2.45, 2.75) is 20.8 Å². The van der Waals surface area contributed by atoms with Crippen LogP contribution in [0.3, 0.4) is 0 Å². The van der Waals surface area contributed by atoms with Crippen LogP contribution in [0.2, 0.25) is 0 Å². The Labute approximate surface area is 118 Å². The topological polar surface area (TPSA) is 34.1 Å². The molecular formula is C16H18O2S. The molecule has 100 valence electrons. The Balaban J connectivity index is 0.000000861. The van der Waals surface area contributed by atoms with Crippen LogP contribution in [0.5, 0.6) is 0 Å². The summed E-state index contributed by atoms with van der Waals surface area (Å²) in [5.41, 5.74) is 1.20. The van der Waals surface area contributed by atoms with Crippen molar-refractivity contribution < 1.29 is 9.59 Å². The van der Waals surface area contributed by atoms with Crippen LogP contribution >= 0.6 is 11.3 Å². The highest BCUT2D eigenvalue weighted by Crippen LogP contribution is 2.16. The third-order valence-corrected chi connectivity index (χ3v) is 3.33. The standard InChI is InChI=1S/C14H12O2S.C2H6/c1-10(14(16)12-7-8-17-9-12)13(15)11-5-3-2-4-6-11;1-2/h2-10H,1H3;1-2H3. The van der Waals surface area contributed by atoms with Crippen LogP contribution in [0.1, 0.15) is 41.5 Å². The number of Topliss-reactive ketones (excluding diaryl/α,β-unsaturated/α-hetero) is 2. The van der Waals surface area contributed by atoms with E-state index in [9.17, 15) is 9.59 Å². The molecule has 1 aromatic carbocycles. The maximum atomic E-state index is 12.1. The van der Waals surface area contributed by atoms with Crippen molar-refractivity contribution in [2.75, 3.05) is 0 Å². The molecule has 1 aromatic heterocycles. The van der Waals surface area contributed by atoms with Gasteiger partial charge >= 0.3 is 0 Å². The second-order valence-electron chi connectivity index (χ2n) is 3.83. The van der Waals surface area contributed by atoms with Crippen LogP contribution in [-0.4, -0.2) is 11.6 Å². The second-order valence-corrected chi connectivity index (χ2v) is 4.61. The maximum Gasteiger partial charge on any atom is 0.174 e. The number of rotatable bonds is 4. The van der Waals surface area contributed by atoms with Crippen LogP contribution in [0.15, 0.2) is 47.2 Å². The first-order valence-electron chi connectivity index (χ1n) is 6.36. The van der Waals surface area contributed by atoms with Gasteiger partial charge in [0.1, 0.15) is 0 Å². The van der Waals surface area contributed by atoms with E-state index in [1.807, 2.05) is 25.3 Å². The smallest absolute Gasteiger partial charge is 0.174 e. The lowest BCUT2D eigenvalue weighted by Crippen LogP contribution is -2.20. The van der Waals surface area contributed by atoms with E-state index in [1.165, 1.54) is 11.3 Å². The number of carbonyl (C=O) groups excluding carboxylic acids is 2. The molecule has 2 aromatic rings. The van der Waals surface area contributed by atoms with Gasteiger partial charge in [-0.05, 0) is 18.4 Å². The van der Waals surface area contributed by atoms with Gasteiger partial charge in [-0.1, -0.05) is 44.2 Å². The van der Waals surface area contributed by atoms with E-state index in [4.69, 9.17) is 0 Å². The summed E-state index contributed by atoms with van der Waals surface area (Å²) in [5.74, 6) is -0.853. The van der Waals surface area contributed by atoms with Crippen molar-refractivity contribution >= 4 is 22.9 Å². The molecule has 0 fully saturated rings. The first kappa shape index (κ1) is 15.3. The monoisotopic (exact) mass is 274 g/mol. The number of hydrogen-bond acceptors (Lipinski definition) is 3. The quantitative estimate of drug-likeness (QED) is 0.608. The molecule has 1 atom stereocenters. The molecule has 0 spiro atoms. The largest absolute Gasteiger partial charge is 0.293 e. The third-order valence-electron chi connectivity index (χ3n) is 2.65. The average molecular weight is 274 g/mol. The van der Waals surface area contributed by atoms with Gasteiger partial charge < -0.3 is 0 Å². The van der Waals surface area contributed by atoms with Gasteiger partial charge in [0.2, 0.25) is 0 Å². The molecule has 0 bridgehead atoms. The Bertz CT molecular complexity index is 515. The number of ketones is 2. The number of benzene rings is 1. The minimum atomic E-state index is -0.619. The highest BCUT2D eigenvalue weighted by Gasteiger charge is 2.23. The molecule has 2 nitrogen and oxygen atoms in total. The Morgan fingerprint density at radius 3 is 2.05 bits per heavy atom. The van der Waals surface area contributed by atoms with Crippen molar-refractivity contribution in [2.24, 2.45) is 5.92 Å². The third kappa shape index (κ3) is 3.86. The van der Waals surface area contributed by atoms with Crippen molar-refractivity contribution in [3.05, 3.63) is 58.3 Å². The number of carbonyl (C=O) groups is 2. The first-order chi connectivity index (χ1) is 9.20. The highest BCUT2D eigenvalue weighted by molar-refractivity contribution is 7.08. The fourth-order valence-corrected chi connectivity index (χ4v) is 2.27. The fraction of sp³-hybridized carbons (Fsp3) is 0.250. The molecule has 2 rings (SSSR count). The van der Waals surface area contributed by atoms with Crippen molar-refractivity contribution in [1.29, 1.82) is 0 Å². The van der Waals surface area contributed by atoms with E-state index in [0.717, 1.165) is 0 Å². The van der Waals surface area contributed by atoms with E-state index < -0.39 is 5.92 Å². The minimum absolute atomic E-state index is 0.111. The number of thiophene rings is 1. The molecule has 0 radical (unpaired) electrons. The van der Waals surface area contributed by atoms with Gasteiger partial charge in [0.25, 0.3) is 0 Å². The molecule has 0 amide bonds. The molecule has 1 heterocycles. The van der Waals surface area contributed by atoms with Gasteiger partial charge in [-0.25, -0.2) is 0 Å². The lowest BCUT2D eigenvalue weighted by atomic mass is 9.93. The molecule has 0 aliphatic rings. The summed E-state index contributed by atoms with van der Waals surface area (Å²) in [6.45, 7) is 5.66. The van der Waals surface area contributed by atoms with Gasteiger partial charge in [-0.2, -0.15) is 11.3 Å². The molecule has 0 aliphatic heterocycles. The van der Waals surface area contributed by atoms with E-state index in [-0.39, 0.29) is 11.6 Å². The van der Waals surface area contributed by atoms with Gasteiger partial charge in [0.05, 0.1) is 5.92 Å². The Morgan fingerprint density at radius 2 is 1.53 bits per heavy atom. The predicted octanol–water partition coefficient (Wildman–Crippen LogP) is 4.48. The SMILES string of the molecule is CC.CC(C(=O)c1ccccc1)C(=O)c1ccsc1. The van der Waals surface area contributed by atoms with Crippen LogP contribution in [0, 0.1) is 5.92 Å². The normalized spacial score (nSPS) is 11.1. The Morgan fingerprint density at radius 1 is 0.947 bits per heavy atom. The van der Waals surface area contributed by atoms with Crippen LogP contribution in [0.4, 0.5) is 0 Å².